The van der Waals surface area contributed by atoms with Crippen molar-refractivity contribution in [3.63, 3.8) is 0 Å². The second-order valence-electron chi connectivity index (χ2n) is 9.64. The number of amides is 2. The number of nitrogens with two attached hydrogens (primary N) is 1. The first-order chi connectivity index (χ1) is 18.2. The van der Waals surface area contributed by atoms with Crippen LogP contribution in [0.25, 0.3) is 0 Å². The molecule has 4 N–H and O–H groups in total. The Bertz CT molecular complexity index is 1190. The molecule has 0 heterocycles. The molecular weight excluding hydrogens is 549 g/mol. The van der Waals surface area contributed by atoms with Crippen LogP contribution in [0, 0.1) is 0 Å². The largest absolute Gasteiger partial charge is 0.489 e. The maximum absolute atomic E-state index is 13.0. The lowest BCUT2D eigenvalue weighted by Gasteiger charge is -2.22. The van der Waals surface area contributed by atoms with Crippen molar-refractivity contribution in [1.82, 2.24) is 10.6 Å². The molecule has 2 rings (SSSR count). The van der Waals surface area contributed by atoms with Gasteiger partial charge in [-0.25, -0.2) is 4.79 Å². The number of hydrogen-bond acceptors (Lipinski definition) is 8. The molecule has 2 aromatic rings. The van der Waals surface area contributed by atoms with E-state index in [1.165, 1.54) is 20.1 Å². The summed E-state index contributed by atoms with van der Waals surface area (Å²) in [5.74, 6) is -2.11. The summed E-state index contributed by atoms with van der Waals surface area (Å²) in [6.45, 7) is 6.37. The number of methoxy groups -OCH3 is 1. The van der Waals surface area contributed by atoms with Gasteiger partial charge in [-0.3, -0.25) is 14.4 Å². The standard InChI is InChI=1S/C27H33Cl2N3O7/c1-15(24(34)31-13-23(33)37-5)32-25(35)22(30)11-16-9-10-17(12-18(16)26(36)39-27(2,3)4)38-14-19-20(28)7-6-8-21(19)29/h6-10,12,15,22H,11,13-14,30H2,1-5H3,(H,31,34)(H,32,35)/t15-,22?/m1/s1. The average molecular weight is 582 g/mol. The van der Waals surface area contributed by atoms with Gasteiger partial charge in [0.2, 0.25) is 11.8 Å². The Morgan fingerprint density at radius 3 is 2.26 bits per heavy atom. The van der Waals surface area contributed by atoms with Crippen molar-refractivity contribution in [2.75, 3.05) is 13.7 Å². The van der Waals surface area contributed by atoms with E-state index in [-0.39, 0.29) is 25.1 Å². The summed E-state index contributed by atoms with van der Waals surface area (Å²) in [5, 5.41) is 5.73. The van der Waals surface area contributed by atoms with Gasteiger partial charge in [-0.1, -0.05) is 35.3 Å². The molecule has 2 amide bonds. The third-order valence-corrected chi connectivity index (χ3v) is 6.02. The predicted octanol–water partition coefficient (Wildman–Crippen LogP) is 3.19. The predicted molar refractivity (Wildman–Crippen MR) is 147 cm³/mol. The Hall–Kier alpha value is -3.34. The normalized spacial score (nSPS) is 12.6. The number of carbonyl (C=O) groups excluding carboxylic acids is 4. The second kappa shape index (κ2) is 14.2. The van der Waals surface area contributed by atoms with Crippen LogP contribution in [0.2, 0.25) is 10.0 Å². The molecule has 0 aliphatic heterocycles. The van der Waals surface area contributed by atoms with Gasteiger partial charge in [-0.2, -0.15) is 0 Å². The summed E-state index contributed by atoms with van der Waals surface area (Å²) in [7, 11) is 1.19. The molecule has 1 unspecified atom stereocenters. The van der Waals surface area contributed by atoms with Gasteiger partial charge in [0.1, 0.15) is 30.5 Å². The van der Waals surface area contributed by atoms with Crippen LogP contribution in [0.4, 0.5) is 0 Å². The van der Waals surface area contributed by atoms with Crippen LogP contribution in [0.1, 0.15) is 49.2 Å². The van der Waals surface area contributed by atoms with Crippen LogP contribution < -0.4 is 21.1 Å². The highest BCUT2D eigenvalue weighted by Gasteiger charge is 2.25. The summed E-state index contributed by atoms with van der Waals surface area (Å²) >= 11 is 12.4. The van der Waals surface area contributed by atoms with Crippen molar-refractivity contribution in [3.05, 3.63) is 63.1 Å². The third-order valence-electron chi connectivity index (χ3n) is 5.31. The summed E-state index contributed by atoms with van der Waals surface area (Å²) < 4.78 is 15.9. The molecule has 2 aromatic carbocycles. The van der Waals surface area contributed by atoms with Gasteiger partial charge >= 0.3 is 11.9 Å². The number of carbonyl (C=O) groups is 4. The number of nitrogens with one attached hydrogen (secondary N) is 2. The van der Waals surface area contributed by atoms with Crippen molar-refractivity contribution in [2.45, 2.75) is 58.4 Å². The van der Waals surface area contributed by atoms with Crippen LogP contribution in [-0.4, -0.2) is 55.1 Å². The molecule has 39 heavy (non-hydrogen) atoms. The van der Waals surface area contributed by atoms with Gasteiger partial charge in [0, 0.05) is 15.6 Å². The van der Waals surface area contributed by atoms with E-state index >= 15 is 0 Å². The average Bonchev–Trinajstić information content (AvgIpc) is 2.86. The van der Waals surface area contributed by atoms with E-state index in [1.54, 1.807) is 51.1 Å². The Kier molecular flexibility index (Phi) is 11.6. The maximum atomic E-state index is 13.0. The zero-order valence-electron chi connectivity index (χ0n) is 22.4. The first-order valence-electron chi connectivity index (χ1n) is 12.0. The molecule has 0 saturated carbocycles. The first kappa shape index (κ1) is 31.9. The van der Waals surface area contributed by atoms with Crippen molar-refractivity contribution in [3.8, 4) is 5.75 Å². The number of hydrogen-bond donors (Lipinski definition) is 3. The minimum Gasteiger partial charge on any atom is -0.489 e. The molecule has 0 saturated heterocycles. The number of esters is 2. The Balaban J connectivity index is 2.18. The molecule has 0 aliphatic carbocycles. The lowest BCUT2D eigenvalue weighted by molar-refractivity contribution is -0.141. The van der Waals surface area contributed by atoms with E-state index in [9.17, 15) is 19.2 Å². The van der Waals surface area contributed by atoms with E-state index in [2.05, 4.69) is 15.4 Å². The fourth-order valence-corrected chi connectivity index (χ4v) is 3.78. The highest BCUT2D eigenvalue weighted by atomic mass is 35.5. The van der Waals surface area contributed by atoms with Gasteiger partial charge in [-0.15, -0.1) is 0 Å². The molecule has 212 valence electrons. The molecular formula is C27H33Cl2N3O7. The first-order valence-corrected chi connectivity index (χ1v) is 12.8. The zero-order valence-corrected chi connectivity index (χ0v) is 23.9. The van der Waals surface area contributed by atoms with Crippen molar-refractivity contribution in [1.29, 1.82) is 0 Å². The molecule has 12 heteroatoms. The summed E-state index contributed by atoms with van der Waals surface area (Å²) in [6, 6.07) is 7.78. The number of ether oxygens (including phenoxy) is 3. The molecule has 2 atom stereocenters. The summed E-state index contributed by atoms with van der Waals surface area (Å²) in [6.07, 6.45) is -0.0342. The molecule has 0 radical (unpaired) electrons. The number of rotatable bonds is 11. The van der Waals surface area contributed by atoms with Gasteiger partial charge in [-0.05, 0) is 63.9 Å². The van der Waals surface area contributed by atoms with Crippen LogP contribution in [0.5, 0.6) is 5.75 Å². The smallest absolute Gasteiger partial charge is 0.339 e. The quantitative estimate of drug-likeness (QED) is 0.343. The summed E-state index contributed by atoms with van der Waals surface area (Å²) in [4.78, 5) is 49.1. The molecule has 0 fully saturated rings. The topological polar surface area (TPSA) is 146 Å². The van der Waals surface area contributed by atoms with Crippen molar-refractivity contribution >= 4 is 47.0 Å². The monoisotopic (exact) mass is 581 g/mol. The van der Waals surface area contributed by atoms with Crippen molar-refractivity contribution in [2.24, 2.45) is 5.73 Å². The second-order valence-corrected chi connectivity index (χ2v) is 10.5. The van der Waals surface area contributed by atoms with Crippen LogP contribution in [-0.2, 0) is 36.9 Å². The minimum atomic E-state index is -1.10. The van der Waals surface area contributed by atoms with Gasteiger partial charge in [0.15, 0.2) is 0 Å². The molecule has 0 aliphatic rings. The van der Waals surface area contributed by atoms with Crippen LogP contribution in [0.15, 0.2) is 36.4 Å². The zero-order chi connectivity index (χ0) is 29.3. The van der Waals surface area contributed by atoms with Crippen molar-refractivity contribution < 1.29 is 33.4 Å². The van der Waals surface area contributed by atoms with E-state index in [0.717, 1.165) is 0 Å². The van der Waals surface area contributed by atoms with Gasteiger partial charge < -0.3 is 30.6 Å². The van der Waals surface area contributed by atoms with E-state index in [4.69, 9.17) is 38.4 Å². The highest BCUT2D eigenvalue weighted by molar-refractivity contribution is 6.35. The molecule has 0 spiro atoms. The van der Waals surface area contributed by atoms with E-state index in [0.29, 0.717) is 26.9 Å². The number of benzene rings is 2. The molecule has 0 bridgehead atoms. The SMILES string of the molecule is COC(=O)CNC(=O)[C@@H](C)NC(=O)C(N)Cc1ccc(OCc2c(Cl)cccc2Cl)cc1C(=O)OC(C)(C)C. The van der Waals surface area contributed by atoms with E-state index < -0.39 is 41.4 Å². The fourth-order valence-electron chi connectivity index (χ4n) is 3.27. The van der Waals surface area contributed by atoms with Gasteiger partial charge in [0.05, 0.1) is 18.7 Å². The fraction of sp³-hybridized carbons (Fsp3) is 0.407. The Labute approximate surface area is 237 Å². The molecule has 0 aromatic heterocycles. The lowest BCUT2D eigenvalue weighted by atomic mass is 9.99. The maximum Gasteiger partial charge on any atom is 0.339 e. The van der Waals surface area contributed by atoms with E-state index in [1.807, 2.05) is 0 Å². The van der Waals surface area contributed by atoms with Gasteiger partial charge in [0.25, 0.3) is 0 Å². The Morgan fingerprint density at radius 1 is 1.03 bits per heavy atom. The summed E-state index contributed by atoms with van der Waals surface area (Å²) in [5.41, 5.74) is 6.54. The Morgan fingerprint density at radius 2 is 1.67 bits per heavy atom. The van der Waals surface area contributed by atoms with Crippen LogP contribution >= 0.6 is 23.2 Å². The highest BCUT2D eigenvalue weighted by Crippen LogP contribution is 2.27. The third kappa shape index (κ3) is 10.0. The molecule has 10 nitrogen and oxygen atoms in total. The minimum absolute atomic E-state index is 0.0342. The number of halogens is 2. The lowest BCUT2D eigenvalue weighted by Crippen LogP contribution is -2.51. The van der Waals surface area contributed by atoms with Crippen LogP contribution in [0.3, 0.4) is 0 Å².